The first kappa shape index (κ1) is 13.5. The lowest BCUT2D eigenvalue weighted by atomic mass is 10.2. The van der Waals surface area contributed by atoms with Crippen LogP contribution in [-0.2, 0) is 4.79 Å². The molecular weight excluding hydrogens is 224 g/mol. The Morgan fingerprint density at radius 3 is 3.00 bits per heavy atom. The maximum atomic E-state index is 11.3. The molecule has 96 valence electrons. The minimum Gasteiger partial charge on any atom is -0.465 e. The van der Waals surface area contributed by atoms with Crippen LogP contribution in [0.5, 0.6) is 5.88 Å². The van der Waals surface area contributed by atoms with Crippen molar-refractivity contribution in [1.82, 2.24) is 10.5 Å². The van der Waals surface area contributed by atoms with Crippen molar-refractivity contribution < 1.29 is 19.2 Å². The van der Waals surface area contributed by atoms with Gasteiger partial charge in [-0.05, 0) is 31.3 Å². The summed E-state index contributed by atoms with van der Waals surface area (Å²) >= 11 is 0. The van der Waals surface area contributed by atoms with Gasteiger partial charge >= 0.3 is 0 Å². The summed E-state index contributed by atoms with van der Waals surface area (Å²) in [5.74, 6) is 0.775. The molecular formula is C11H18N2O4. The molecule has 1 heterocycles. The van der Waals surface area contributed by atoms with Crippen LogP contribution in [0.4, 0.5) is 0 Å². The van der Waals surface area contributed by atoms with E-state index < -0.39 is 0 Å². The molecule has 6 nitrogen and oxygen atoms in total. The highest BCUT2D eigenvalue weighted by Gasteiger charge is 2.05. The predicted molar refractivity (Wildman–Crippen MR) is 60.7 cm³/mol. The van der Waals surface area contributed by atoms with Crippen LogP contribution in [0.1, 0.15) is 25.0 Å². The highest BCUT2D eigenvalue weighted by molar-refractivity contribution is 5.77. The van der Waals surface area contributed by atoms with Crippen LogP contribution in [-0.4, -0.2) is 35.9 Å². The molecule has 17 heavy (non-hydrogen) atoms. The van der Waals surface area contributed by atoms with Crippen LogP contribution in [0.3, 0.4) is 0 Å². The van der Waals surface area contributed by atoms with Crippen molar-refractivity contribution in [2.24, 2.45) is 0 Å². The molecule has 0 spiro atoms. The molecule has 1 amide bonds. The Morgan fingerprint density at radius 2 is 2.35 bits per heavy atom. The van der Waals surface area contributed by atoms with E-state index >= 15 is 0 Å². The lowest BCUT2D eigenvalue weighted by Gasteiger charge is -2.04. The third-order valence-electron chi connectivity index (χ3n) is 2.11. The summed E-state index contributed by atoms with van der Waals surface area (Å²) in [4.78, 5) is 11.3. The third-order valence-corrected chi connectivity index (χ3v) is 2.11. The minimum atomic E-state index is -0.186. The lowest BCUT2D eigenvalue weighted by molar-refractivity contribution is -0.123. The Bertz CT molecular complexity index is 338. The first-order valence-corrected chi connectivity index (χ1v) is 5.66. The van der Waals surface area contributed by atoms with Gasteiger partial charge in [0.25, 0.3) is 11.8 Å². The number of nitrogens with one attached hydrogen (secondary N) is 1. The van der Waals surface area contributed by atoms with Gasteiger partial charge in [-0.15, -0.1) is 0 Å². The van der Waals surface area contributed by atoms with Crippen LogP contribution in [0.25, 0.3) is 0 Å². The van der Waals surface area contributed by atoms with Crippen molar-refractivity contribution in [1.29, 1.82) is 0 Å². The van der Waals surface area contributed by atoms with Crippen molar-refractivity contribution in [2.75, 3.05) is 19.8 Å². The fourth-order valence-corrected chi connectivity index (χ4v) is 1.24. The number of aliphatic hydroxyl groups is 1. The first-order chi connectivity index (χ1) is 8.22. The molecule has 0 aliphatic rings. The number of amides is 1. The largest absolute Gasteiger partial charge is 0.465 e. The molecule has 1 aromatic heterocycles. The average molecular weight is 242 g/mol. The zero-order chi connectivity index (χ0) is 12.5. The van der Waals surface area contributed by atoms with E-state index in [1.165, 1.54) is 0 Å². The molecule has 1 rings (SSSR count). The van der Waals surface area contributed by atoms with Gasteiger partial charge in [-0.1, -0.05) is 0 Å². The van der Waals surface area contributed by atoms with E-state index in [0.717, 1.165) is 19.3 Å². The molecule has 1 aromatic rings. The monoisotopic (exact) mass is 242 g/mol. The van der Waals surface area contributed by atoms with Crippen molar-refractivity contribution in [2.45, 2.75) is 26.2 Å². The first-order valence-electron chi connectivity index (χ1n) is 5.66. The number of nitrogens with zero attached hydrogens (tertiary/aromatic N) is 1. The molecule has 0 saturated carbocycles. The third kappa shape index (κ3) is 5.91. The summed E-state index contributed by atoms with van der Waals surface area (Å²) in [6.07, 6.45) is 2.53. The second-order valence-electron chi connectivity index (χ2n) is 3.70. The van der Waals surface area contributed by atoms with E-state index in [2.05, 4.69) is 10.5 Å². The van der Waals surface area contributed by atoms with E-state index in [-0.39, 0.29) is 19.1 Å². The Kier molecular flexibility index (Phi) is 6.09. The summed E-state index contributed by atoms with van der Waals surface area (Å²) in [6.45, 7) is 2.48. The number of aliphatic hydroxyl groups excluding tert-OH is 1. The highest BCUT2D eigenvalue weighted by Crippen LogP contribution is 2.09. The lowest BCUT2D eigenvalue weighted by Crippen LogP contribution is -2.29. The molecule has 0 bridgehead atoms. The van der Waals surface area contributed by atoms with Gasteiger partial charge in [-0.2, -0.15) is 0 Å². The fourth-order valence-electron chi connectivity index (χ4n) is 1.24. The number of hydrogen-bond donors (Lipinski definition) is 2. The Hall–Kier alpha value is -1.56. The maximum Gasteiger partial charge on any atom is 0.258 e. The van der Waals surface area contributed by atoms with Gasteiger partial charge in [0.15, 0.2) is 6.61 Å². The maximum absolute atomic E-state index is 11.3. The zero-order valence-corrected chi connectivity index (χ0v) is 9.94. The highest BCUT2D eigenvalue weighted by atomic mass is 16.5. The number of carbonyl (C=O) groups is 1. The molecule has 0 unspecified atom stereocenters. The van der Waals surface area contributed by atoms with Gasteiger partial charge in [0.2, 0.25) is 0 Å². The Balaban J connectivity index is 2.05. The number of ether oxygens (including phenoxy) is 1. The van der Waals surface area contributed by atoms with E-state index in [0.29, 0.717) is 18.2 Å². The number of aryl methyl sites for hydroxylation is 1. The van der Waals surface area contributed by atoms with Crippen LogP contribution >= 0.6 is 0 Å². The Morgan fingerprint density at radius 1 is 1.53 bits per heavy atom. The number of unbranched alkanes of at least 4 members (excludes halogenated alkanes) is 2. The molecule has 0 fully saturated rings. The minimum absolute atomic E-state index is 0.0635. The summed E-state index contributed by atoms with van der Waals surface area (Å²) in [7, 11) is 0. The smallest absolute Gasteiger partial charge is 0.258 e. The summed E-state index contributed by atoms with van der Waals surface area (Å²) in [6, 6.07) is 1.62. The van der Waals surface area contributed by atoms with Crippen LogP contribution in [0.2, 0.25) is 0 Å². The van der Waals surface area contributed by atoms with Gasteiger partial charge < -0.3 is 19.7 Å². The van der Waals surface area contributed by atoms with Gasteiger partial charge in [-0.3, -0.25) is 4.79 Å². The fraction of sp³-hybridized carbons (Fsp3) is 0.636. The molecule has 6 heteroatoms. The normalized spacial score (nSPS) is 10.2. The summed E-state index contributed by atoms with van der Waals surface area (Å²) < 4.78 is 9.90. The van der Waals surface area contributed by atoms with Gasteiger partial charge in [0.05, 0.1) is 0 Å². The molecule has 0 aromatic carbocycles. The van der Waals surface area contributed by atoms with Crippen molar-refractivity contribution in [3.63, 3.8) is 0 Å². The predicted octanol–water partition coefficient (Wildman–Crippen LogP) is 0.641. The number of hydrogen-bond acceptors (Lipinski definition) is 5. The van der Waals surface area contributed by atoms with Crippen molar-refractivity contribution in [3.05, 3.63) is 11.8 Å². The number of carbonyl (C=O) groups excluding carboxylic acids is 1. The second-order valence-corrected chi connectivity index (χ2v) is 3.70. The zero-order valence-electron chi connectivity index (χ0n) is 9.94. The molecule has 0 aliphatic heterocycles. The van der Waals surface area contributed by atoms with Gasteiger partial charge in [-0.25, -0.2) is 0 Å². The van der Waals surface area contributed by atoms with Gasteiger partial charge in [0.1, 0.15) is 5.76 Å². The van der Waals surface area contributed by atoms with Crippen LogP contribution < -0.4 is 10.1 Å². The number of aromatic nitrogens is 1. The van der Waals surface area contributed by atoms with Crippen molar-refractivity contribution >= 4 is 5.91 Å². The standard InChI is InChI=1S/C11H18N2O4/c1-9-7-11(13-17-9)16-8-10(15)12-5-3-2-4-6-14/h7,14H,2-6,8H2,1H3,(H,12,15). The van der Waals surface area contributed by atoms with E-state index in [4.69, 9.17) is 14.4 Å². The van der Waals surface area contributed by atoms with Crippen molar-refractivity contribution in [3.8, 4) is 5.88 Å². The topological polar surface area (TPSA) is 84.6 Å². The molecule has 0 radical (unpaired) electrons. The van der Waals surface area contributed by atoms with Gasteiger partial charge in [0, 0.05) is 19.2 Å². The molecule has 0 aliphatic carbocycles. The quantitative estimate of drug-likeness (QED) is 0.653. The second kappa shape index (κ2) is 7.67. The van der Waals surface area contributed by atoms with Crippen LogP contribution in [0, 0.1) is 6.92 Å². The average Bonchev–Trinajstić information content (AvgIpc) is 2.72. The van der Waals surface area contributed by atoms with E-state index in [1.54, 1.807) is 13.0 Å². The van der Waals surface area contributed by atoms with Crippen LogP contribution in [0.15, 0.2) is 10.6 Å². The SMILES string of the molecule is Cc1cc(OCC(=O)NCCCCCO)no1. The molecule has 2 N–H and O–H groups in total. The van der Waals surface area contributed by atoms with E-state index in [1.807, 2.05) is 0 Å². The molecule has 0 atom stereocenters. The Labute approximate surface area is 99.9 Å². The number of rotatable bonds is 8. The van der Waals surface area contributed by atoms with E-state index in [9.17, 15) is 4.79 Å². The summed E-state index contributed by atoms with van der Waals surface area (Å²) in [5.41, 5.74) is 0. The molecule has 0 saturated heterocycles. The summed E-state index contributed by atoms with van der Waals surface area (Å²) in [5, 5.41) is 14.9.